The summed E-state index contributed by atoms with van der Waals surface area (Å²) in [5, 5.41) is 3.02. The summed E-state index contributed by atoms with van der Waals surface area (Å²) in [5.74, 6) is 1.18. The average Bonchev–Trinajstić information content (AvgIpc) is 3.10. The van der Waals surface area contributed by atoms with E-state index in [1.807, 2.05) is 41.3 Å². The van der Waals surface area contributed by atoms with E-state index in [1.165, 1.54) is 11.1 Å². The molecule has 0 atom stereocenters. The van der Waals surface area contributed by atoms with Gasteiger partial charge in [-0.05, 0) is 29.7 Å². The second kappa shape index (κ2) is 10.1. The Labute approximate surface area is 176 Å². The molecule has 0 saturated carbocycles. The van der Waals surface area contributed by atoms with Crippen LogP contribution in [0.5, 0.6) is 5.75 Å². The Bertz CT molecular complexity index is 785. The lowest BCUT2D eigenvalue weighted by atomic mass is 10.1. The molecule has 27 heavy (non-hydrogen) atoms. The predicted molar refractivity (Wildman–Crippen MR) is 118 cm³/mol. The quantitative estimate of drug-likeness (QED) is 0.288. The van der Waals surface area contributed by atoms with Crippen molar-refractivity contribution < 1.29 is 9.53 Å². The number of ether oxygens (including phenoxy) is 1. The van der Waals surface area contributed by atoms with Crippen LogP contribution in [0.3, 0.4) is 0 Å². The van der Waals surface area contributed by atoms with Crippen molar-refractivity contribution in [3.05, 3.63) is 59.7 Å². The smallest absolute Gasteiger partial charge is 0.223 e. The molecule has 0 unspecified atom stereocenters. The van der Waals surface area contributed by atoms with Gasteiger partial charge in [0.2, 0.25) is 5.91 Å². The van der Waals surface area contributed by atoms with E-state index in [0.717, 1.165) is 5.69 Å². The van der Waals surface area contributed by atoms with Crippen molar-refractivity contribution in [2.75, 3.05) is 19.0 Å². The van der Waals surface area contributed by atoms with Gasteiger partial charge in [-0.3, -0.25) is 9.79 Å². The number of methoxy groups -OCH3 is 1. The Balaban J connectivity index is 0.00000261. The summed E-state index contributed by atoms with van der Waals surface area (Å²) in [5.41, 5.74) is 9.16. The third-order valence-electron chi connectivity index (χ3n) is 4.39. The van der Waals surface area contributed by atoms with Gasteiger partial charge in [0.25, 0.3) is 0 Å². The Morgan fingerprint density at radius 1 is 1.15 bits per heavy atom. The van der Waals surface area contributed by atoms with Crippen LogP contribution < -0.4 is 15.8 Å². The maximum Gasteiger partial charge on any atom is 0.223 e. The SMILES string of the molecule is COc1ccccc1NC(N)=NCCCC(=O)N1Cc2ccccc2C1.I. The number of carbonyl (C=O) groups is 1. The number of aliphatic imine (C=N–C) groups is 1. The van der Waals surface area contributed by atoms with Crippen molar-refractivity contribution >= 4 is 41.5 Å². The lowest BCUT2D eigenvalue weighted by Crippen LogP contribution is -2.25. The average molecular weight is 480 g/mol. The van der Waals surface area contributed by atoms with Gasteiger partial charge in [0.1, 0.15) is 5.75 Å². The number of rotatable bonds is 6. The monoisotopic (exact) mass is 480 g/mol. The van der Waals surface area contributed by atoms with Crippen LogP contribution in [-0.2, 0) is 17.9 Å². The number of guanidine groups is 1. The maximum atomic E-state index is 12.3. The molecule has 0 bridgehead atoms. The molecule has 1 aliphatic heterocycles. The highest BCUT2D eigenvalue weighted by Gasteiger charge is 2.22. The van der Waals surface area contributed by atoms with Crippen molar-refractivity contribution in [1.29, 1.82) is 0 Å². The van der Waals surface area contributed by atoms with Gasteiger partial charge in [0, 0.05) is 26.1 Å². The zero-order valence-corrected chi connectivity index (χ0v) is 17.7. The molecule has 0 radical (unpaired) electrons. The Kier molecular flexibility index (Phi) is 7.90. The van der Waals surface area contributed by atoms with Gasteiger partial charge in [0.15, 0.2) is 5.96 Å². The lowest BCUT2D eigenvalue weighted by molar-refractivity contribution is -0.131. The number of nitrogens with one attached hydrogen (secondary N) is 1. The number of anilines is 1. The molecule has 0 aromatic heterocycles. The predicted octanol–water partition coefficient (Wildman–Crippen LogP) is 3.36. The van der Waals surface area contributed by atoms with Crippen LogP contribution in [-0.4, -0.2) is 30.4 Å². The van der Waals surface area contributed by atoms with Crippen LogP contribution in [0.4, 0.5) is 5.69 Å². The first kappa shape index (κ1) is 21.0. The molecule has 0 spiro atoms. The number of benzene rings is 2. The number of nitrogens with two attached hydrogens (primary N) is 1. The maximum absolute atomic E-state index is 12.3. The van der Waals surface area contributed by atoms with Crippen LogP contribution in [0.15, 0.2) is 53.5 Å². The zero-order valence-electron chi connectivity index (χ0n) is 15.4. The summed E-state index contributed by atoms with van der Waals surface area (Å²) in [6.45, 7) is 1.91. The van der Waals surface area contributed by atoms with E-state index in [1.54, 1.807) is 7.11 Å². The second-order valence-electron chi connectivity index (χ2n) is 6.21. The van der Waals surface area contributed by atoms with Crippen LogP contribution in [0.25, 0.3) is 0 Å². The molecular weight excluding hydrogens is 455 g/mol. The molecule has 144 valence electrons. The number of hydrogen-bond acceptors (Lipinski definition) is 3. The van der Waals surface area contributed by atoms with E-state index in [-0.39, 0.29) is 29.9 Å². The van der Waals surface area contributed by atoms with E-state index >= 15 is 0 Å². The number of carbonyl (C=O) groups excluding carboxylic acids is 1. The van der Waals surface area contributed by atoms with E-state index < -0.39 is 0 Å². The topological polar surface area (TPSA) is 80.0 Å². The fourth-order valence-electron chi connectivity index (χ4n) is 3.02. The summed E-state index contributed by atoms with van der Waals surface area (Å²) in [4.78, 5) is 18.5. The highest BCUT2D eigenvalue weighted by atomic mass is 127. The molecule has 3 N–H and O–H groups in total. The molecular formula is C20H25IN4O2. The van der Waals surface area contributed by atoms with Crippen molar-refractivity contribution in [1.82, 2.24) is 4.90 Å². The van der Waals surface area contributed by atoms with Gasteiger partial charge >= 0.3 is 0 Å². The minimum absolute atomic E-state index is 0. The highest BCUT2D eigenvalue weighted by molar-refractivity contribution is 14.0. The van der Waals surface area contributed by atoms with Crippen LogP contribution in [0, 0.1) is 0 Å². The van der Waals surface area contributed by atoms with Gasteiger partial charge < -0.3 is 20.7 Å². The van der Waals surface area contributed by atoms with Gasteiger partial charge in [-0.15, -0.1) is 24.0 Å². The van der Waals surface area contributed by atoms with E-state index in [0.29, 0.717) is 44.2 Å². The first-order valence-corrected chi connectivity index (χ1v) is 8.72. The summed E-state index contributed by atoms with van der Waals surface area (Å²) in [7, 11) is 1.61. The number of amides is 1. The standard InChI is InChI=1S/C20H24N4O2.HI/c1-26-18-10-5-4-9-17(18)23-20(21)22-12-6-11-19(25)24-13-15-7-2-3-8-16(15)14-24;/h2-5,7-10H,6,11-14H2,1H3,(H3,21,22,23);1H. The van der Waals surface area contributed by atoms with Gasteiger partial charge in [-0.1, -0.05) is 36.4 Å². The number of fused-ring (bicyclic) bond motifs is 1. The lowest BCUT2D eigenvalue weighted by Gasteiger charge is -2.15. The summed E-state index contributed by atoms with van der Waals surface area (Å²) < 4.78 is 5.26. The molecule has 2 aromatic rings. The Morgan fingerprint density at radius 2 is 1.78 bits per heavy atom. The highest BCUT2D eigenvalue weighted by Crippen LogP contribution is 2.23. The first-order chi connectivity index (χ1) is 12.7. The largest absolute Gasteiger partial charge is 0.495 e. The number of nitrogens with zero attached hydrogens (tertiary/aromatic N) is 2. The zero-order chi connectivity index (χ0) is 18.4. The molecule has 6 nitrogen and oxygen atoms in total. The van der Waals surface area contributed by atoms with Gasteiger partial charge in [-0.25, -0.2) is 0 Å². The molecule has 0 fully saturated rings. The Hall–Kier alpha value is -2.29. The second-order valence-corrected chi connectivity index (χ2v) is 6.21. The molecule has 1 heterocycles. The third kappa shape index (κ3) is 5.59. The summed E-state index contributed by atoms with van der Waals surface area (Å²) >= 11 is 0. The van der Waals surface area contributed by atoms with Crippen molar-refractivity contribution in [3.63, 3.8) is 0 Å². The van der Waals surface area contributed by atoms with Gasteiger partial charge in [0.05, 0.1) is 12.8 Å². The summed E-state index contributed by atoms with van der Waals surface area (Å²) in [6.07, 6.45) is 1.14. The van der Waals surface area contributed by atoms with Gasteiger partial charge in [-0.2, -0.15) is 0 Å². The van der Waals surface area contributed by atoms with Crippen molar-refractivity contribution in [2.45, 2.75) is 25.9 Å². The van der Waals surface area contributed by atoms with Crippen LogP contribution in [0.2, 0.25) is 0 Å². The fraction of sp³-hybridized carbons (Fsp3) is 0.300. The van der Waals surface area contributed by atoms with E-state index in [4.69, 9.17) is 10.5 Å². The fourth-order valence-corrected chi connectivity index (χ4v) is 3.02. The summed E-state index contributed by atoms with van der Waals surface area (Å²) in [6, 6.07) is 15.7. The van der Waals surface area contributed by atoms with Crippen LogP contribution >= 0.6 is 24.0 Å². The molecule has 7 heteroatoms. The van der Waals surface area contributed by atoms with E-state index in [2.05, 4.69) is 22.4 Å². The number of halogens is 1. The van der Waals surface area contributed by atoms with Crippen LogP contribution in [0.1, 0.15) is 24.0 Å². The third-order valence-corrected chi connectivity index (χ3v) is 4.39. The number of para-hydroxylation sites is 2. The van der Waals surface area contributed by atoms with Crippen molar-refractivity contribution in [2.24, 2.45) is 10.7 Å². The molecule has 1 aliphatic rings. The first-order valence-electron chi connectivity index (χ1n) is 8.72. The minimum Gasteiger partial charge on any atom is -0.495 e. The normalized spacial score (nSPS) is 12.9. The molecule has 2 aromatic carbocycles. The molecule has 3 rings (SSSR count). The molecule has 0 aliphatic carbocycles. The Morgan fingerprint density at radius 3 is 2.44 bits per heavy atom. The molecule has 1 amide bonds. The minimum atomic E-state index is 0. The molecule has 0 saturated heterocycles. The number of hydrogen-bond donors (Lipinski definition) is 2. The van der Waals surface area contributed by atoms with Crippen molar-refractivity contribution in [3.8, 4) is 5.75 Å². The van der Waals surface area contributed by atoms with E-state index in [9.17, 15) is 4.79 Å².